The van der Waals surface area contributed by atoms with Gasteiger partial charge < -0.3 is 15.8 Å². The largest absolute Gasteiger partial charge is 0.382 e. The number of carbonyl (C=O) groups excluding carboxylic acids is 1. The van der Waals surface area contributed by atoms with Gasteiger partial charge >= 0.3 is 0 Å². The van der Waals surface area contributed by atoms with E-state index in [9.17, 15) is 4.79 Å². The van der Waals surface area contributed by atoms with Gasteiger partial charge in [-0.15, -0.1) is 0 Å². The van der Waals surface area contributed by atoms with Crippen LogP contribution in [0.1, 0.15) is 45.4 Å². The minimum atomic E-state index is 0.144. The van der Waals surface area contributed by atoms with Gasteiger partial charge in [0.2, 0.25) is 5.91 Å². The van der Waals surface area contributed by atoms with Crippen LogP contribution < -0.4 is 11.1 Å². The molecule has 0 aliphatic heterocycles. The minimum absolute atomic E-state index is 0.144. The molecule has 2 atom stereocenters. The first-order valence-corrected chi connectivity index (χ1v) is 6.85. The molecule has 2 unspecified atom stereocenters. The Bertz CT molecular complexity index is 221. The number of hydrogen-bond acceptors (Lipinski definition) is 3. The molecular weight excluding hydrogens is 216 g/mol. The third-order valence-corrected chi connectivity index (χ3v) is 3.30. The molecule has 0 heterocycles. The van der Waals surface area contributed by atoms with E-state index in [0.717, 1.165) is 58.3 Å². The summed E-state index contributed by atoms with van der Waals surface area (Å²) in [6, 6.07) is 0.220. The van der Waals surface area contributed by atoms with Crippen molar-refractivity contribution in [3.8, 4) is 0 Å². The van der Waals surface area contributed by atoms with E-state index in [1.54, 1.807) is 0 Å². The molecule has 0 radical (unpaired) electrons. The molecule has 100 valence electrons. The fourth-order valence-electron chi connectivity index (χ4n) is 2.30. The standard InChI is InChI=1S/C13H26N2O2/c1-2-17-9-4-3-8-15-13(16)11-6-5-7-12(14)10-11/h11-12H,2-10,14H2,1H3,(H,15,16). The van der Waals surface area contributed by atoms with Gasteiger partial charge in [-0.05, 0) is 39.0 Å². The van der Waals surface area contributed by atoms with Crippen molar-refractivity contribution in [1.29, 1.82) is 0 Å². The Balaban J connectivity index is 2.04. The molecule has 0 aromatic rings. The van der Waals surface area contributed by atoms with Gasteiger partial charge in [0.25, 0.3) is 0 Å². The van der Waals surface area contributed by atoms with Crippen LogP contribution in [0.5, 0.6) is 0 Å². The predicted octanol–water partition coefficient (Wildman–Crippen LogP) is 1.44. The monoisotopic (exact) mass is 242 g/mol. The SMILES string of the molecule is CCOCCCCNC(=O)C1CCCC(N)C1. The highest BCUT2D eigenvalue weighted by molar-refractivity contribution is 5.78. The van der Waals surface area contributed by atoms with E-state index < -0.39 is 0 Å². The van der Waals surface area contributed by atoms with Crippen molar-refractivity contribution in [2.45, 2.75) is 51.5 Å². The van der Waals surface area contributed by atoms with Crippen LogP contribution in [0.2, 0.25) is 0 Å². The molecule has 0 spiro atoms. The summed E-state index contributed by atoms with van der Waals surface area (Å²) < 4.78 is 5.24. The molecule has 1 rings (SSSR count). The molecule has 0 aromatic heterocycles. The van der Waals surface area contributed by atoms with E-state index in [0.29, 0.717) is 0 Å². The van der Waals surface area contributed by atoms with E-state index in [4.69, 9.17) is 10.5 Å². The van der Waals surface area contributed by atoms with Crippen molar-refractivity contribution in [1.82, 2.24) is 5.32 Å². The molecule has 0 bridgehead atoms. The van der Waals surface area contributed by atoms with Crippen molar-refractivity contribution in [2.24, 2.45) is 11.7 Å². The summed E-state index contributed by atoms with van der Waals surface area (Å²) in [5.41, 5.74) is 5.88. The smallest absolute Gasteiger partial charge is 0.223 e. The number of nitrogens with one attached hydrogen (secondary N) is 1. The highest BCUT2D eigenvalue weighted by Crippen LogP contribution is 2.22. The lowest BCUT2D eigenvalue weighted by molar-refractivity contribution is -0.126. The van der Waals surface area contributed by atoms with Gasteiger partial charge in [-0.2, -0.15) is 0 Å². The summed E-state index contributed by atoms with van der Waals surface area (Å²) in [5, 5.41) is 3.00. The number of rotatable bonds is 7. The van der Waals surface area contributed by atoms with E-state index in [2.05, 4.69) is 5.32 Å². The Morgan fingerprint density at radius 3 is 2.94 bits per heavy atom. The number of carbonyl (C=O) groups is 1. The molecule has 4 heteroatoms. The van der Waals surface area contributed by atoms with Crippen LogP contribution in [0, 0.1) is 5.92 Å². The third kappa shape index (κ3) is 6.03. The zero-order valence-electron chi connectivity index (χ0n) is 10.9. The van der Waals surface area contributed by atoms with Crippen LogP contribution in [-0.4, -0.2) is 31.7 Å². The van der Waals surface area contributed by atoms with Gasteiger partial charge in [-0.1, -0.05) is 6.42 Å². The first-order valence-electron chi connectivity index (χ1n) is 6.85. The lowest BCUT2D eigenvalue weighted by Gasteiger charge is -2.25. The van der Waals surface area contributed by atoms with E-state index in [-0.39, 0.29) is 17.9 Å². The first kappa shape index (κ1) is 14.5. The van der Waals surface area contributed by atoms with Crippen molar-refractivity contribution >= 4 is 5.91 Å². The van der Waals surface area contributed by atoms with Gasteiger partial charge in [-0.3, -0.25) is 4.79 Å². The topological polar surface area (TPSA) is 64.3 Å². The number of ether oxygens (including phenoxy) is 1. The van der Waals surface area contributed by atoms with Crippen molar-refractivity contribution in [2.75, 3.05) is 19.8 Å². The Morgan fingerprint density at radius 1 is 1.41 bits per heavy atom. The molecule has 0 aromatic carbocycles. The van der Waals surface area contributed by atoms with Gasteiger partial charge in [-0.25, -0.2) is 0 Å². The molecule has 4 nitrogen and oxygen atoms in total. The highest BCUT2D eigenvalue weighted by atomic mass is 16.5. The second-order valence-corrected chi connectivity index (χ2v) is 4.82. The maximum Gasteiger partial charge on any atom is 0.223 e. The lowest BCUT2D eigenvalue weighted by atomic mass is 9.85. The maximum absolute atomic E-state index is 11.8. The van der Waals surface area contributed by atoms with E-state index in [1.165, 1.54) is 0 Å². The number of hydrogen-bond donors (Lipinski definition) is 2. The van der Waals surface area contributed by atoms with Crippen molar-refractivity contribution in [3.05, 3.63) is 0 Å². The number of amides is 1. The molecule has 1 fully saturated rings. The van der Waals surface area contributed by atoms with Gasteiger partial charge in [0, 0.05) is 31.7 Å². The summed E-state index contributed by atoms with van der Waals surface area (Å²) >= 11 is 0. The average molecular weight is 242 g/mol. The molecule has 1 amide bonds. The predicted molar refractivity (Wildman–Crippen MR) is 68.7 cm³/mol. The summed E-state index contributed by atoms with van der Waals surface area (Å²) in [7, 11) is 0. The Kier molecular flexibility index (Phi) is 7.21. The molecule has 1 saturated carbocycles. The van der Waals surface area contributed by atoms with Gasteiger partial charge in [0.15, 0.2) is 0 Å². The zero-order chi connectivity index (χ0) is 12.5. The van der Waals surface area contributed by atoms with Crippen LogP contribution in [-0.2, 0) is 9.53 Å². The van der Waals surface area contributed by atoms with Gasteiger partial charge in [0.05, 0.1) is 0 Å². The summed E-state index contributed by atoms with van der Waals surface area (Å²) in [6.07, 6.45) is 6.01. The fraction of sp³-hybridized carbons (Fsp3) is 0.923. The minimum Gasteiger partial charge on any atom is -0.382 e. The maximum atomic E-state index is 11.8. The Morgan fingerprint density at radius 2 is 2.24 bits per heavy atom. The van der Waals surface area contributed by atoms with Crippen molar-refractivity contribution < 1.29 is 9.53 Å². The van der Waals surface area contributed by atoms with Crippen LogP contribution in [0.3, 0.4) is 0 Å². The van der Waals surface area contributed by atoms with Crippen LogP contribution >= 0.6 is 0 Å². The molecule has 3 N–H and O–H groups in total. The summed E-state index contributed by atoms with van der Waals surface area (Å²) in [4.78, 5) is 11.8. The first-order chi connectivity index (χ1) is 8.24. The van der Waals surface area contributed by atoms with Crippen molar-refractivity contribution in [3.63, 3.8) is 0 Å². The molecule has 0 saturated heterocycles. The van der Waals surface area contributed by atoms with Gasteiger partial charge in [0.1, 0.15) is 0 Å². The molecule has 17 heavy (non-hydrogen) atoms. The molecule has 1 aliphatic rings. The van der Waals surface area contributed by atoms with Crippen LogP contribution in [0.25, 0.3) is 0 Å². The van der Waals surface area contributed by atoms with E-state index in [1.807, 2.05) is 6.92 Å². The normalized spacial score (nSPS) is 24.6. The fourth-order valence-corrected chi connectivity index (χ4v) is 2.30. The third-order valence-electron chi connectivity index (χ3n) is 3.30. The number of nitrogens with two attached hydrogens (primary N) is 1. The second-order valence-electron chi connectivity index (χ2n) is 4.82. The van der Waals surface area contributed by atoms with Crippen LogP contribution in [0.15, 0.2) is 0 Å². The lowest BCUT2D eigenvalue weighted by Crippen LogP contribution is -2.38. The highest BCUT2D eigenvalue weighted by Gasteiger charge is 2.24. The average Bonchev–Trinajstić information content (AvgIpc) is 2.33. The molecule has 1 aliphatic carbocycles. The van der Waals surface area contributed by atoms with Crippen LogP contribution in [0.4, 0.5) is 0 Å². The summed E-state index contributed by atoms with van der Waals surface area (Å²) in [6.45, 7) is 4.32. The second kappa shape index (κ2) is 8.48. The zero-order valence-corrected chi connectivity index (χ0v) is 10.9. The Hall–Kier alpha value is -0.610. The Labute approximate surface area is 104 Å². The quantitative estimate of drug-likeness (QED) is 0.664. The summed E-state index contributed by atoms with van der Waals surface area (Å²) in [5.74, 6) is 0.335. The number of unbranched alkanes of at least 4 members (excludes halogenated alkanes) is 1. The van der Waals surface area contributed by atoms with E-state index >= 15 is 0 Å². The molecular formula is C13H26N2O2.